The Morgan fingerprint density at radius 2 is 2.00 bits per heavy atom. The molecule has 0 fully saturated rings. The van der Waals surface area contributed by atoms with Crippen molar-refractivity contribution in [2.75, 3.05) is 7.05 Å². The molecule has 1 aliphatic rings. The van der Waals surface area contributed by atoms with Gasteiger partial charge in [-0.3, -0.25) is 4.21 Å². The van der Waals surface area contributed by atoms with E-state index in [0.717, 1.165) is 11.3 Å². The zero-order valence-electron chi connectivity index (χ0n) is 11.9. The lowest BCUT2D eigenvalue weighted by atomic mass is 9.85. The molecule has 1 heterocycles. The van der Waals surface area contributed by atoms with E-state index in [4.69, 9.17) is 0 Å². The molecule has 2 rings (SSSR count). The highest BCUT2D eigenvalue weighted by atomic mass is 32.2. The summed E-state index contributed by atoms with van der Waals surface area (Å²) >= 11 is 0. The van der Waals surface area contributed by atoms with Crippen molar-refractivity contribution in [2.24, 2.45) is 0 Å². The highest BCUT2D eigenvalue weighted by molar-refractivity contribution is 7.86. The Morgan fingerprint density at radius 3 is 2.50 bits per heavy atom. The fraction of sp³-hybridized carbons (Fsp3) is 0.600. The predicted octanol–water partition coefficient (Wildman–Crippen LogP) is 3.14. The summed E-state index contributed by atoms with van der Waals surface area (Å²) in [5, 5.41) is 3.55. The van der Waals surface area contributed by atoms with Crippen LogP contribution in [0.2, 0.25) is 0 Å². The van der Waals surface area contributed by atoms with Crippen molar-refractivity contribution in [1.82, 2.24) is 5.32 Å². The first kappa shape index (κ1) is 13.8. The SMILES string of the molecule is CCC1C(NC)c2cc(C(C)(C)C)ccc2S1=O. The van der Waals surface area contributed by atoms with Crippen molar-refractivity contribution >= 4 is 10.8 Å². The van der Waals surface area contributed by atoms with Gasteiger partial charge in [0.15, 0.2) is 0 Å². The van der Waals surface area contributed by atoms with Crippen molar-refractivity contribution in [1.29, 1.82) is 0 Å². The Morgan fingerprint density at radius 1 is 1.33 bits per heavy atom. The van der Waals surface area contributed by atoms with E-state index in [2.05, 4.69) is 51.2 Å². The minimum atomic E-state index is -0.863. The second kappa shape index (κ2) is 4.78. The minimum absolute atomic E-state index is 0.138. The highest BCUT2D eigenvalue weighted by Gasteiger charge is 2.37. The minimum Gasteiger partial charge on any atom is -0.312 e. The molecule has 2 nitrogen and oxygen atoms in total. The number of nitrogens with one attached hydrogen (secondary N) is 1. The van der Waals surface area contributed by atoms with Gasteiger partial charge in [-0.05, 0) is 36.1 Å². The molecule has 100 valence electrons. The van der Waals surface area contributed by atoms with Crippen LogP contribution in [0, 0.1) is 0 Å². The third kappa shape index (κ3) is 2.14. The topological polar surface area (TPSA) is 29.1 Å². The van der Waals surface area contributed by atoms with Gasteiger partial charge in [0.05, 0.1) is 16.0 Å². The normalized spacial score (nSPS) is 27.3. The standard InChI is InChI=1S/C15H23NOS/c1-6-12-14(16-5)11-9-10(15(2,3)4)7-8-13(11)18(12)17/h7-9,12,14,16H,6H2,1-5H3. The predicted molar refractivity (Wildman–Crippen MR) is 77.4 cm³/mol. The van der Waals surface area contributed by atoms with Crippen LogP contribution in [0.1, 0.15) is 51.3 Å². The maximum Gasteiger partial charge on any atom is 0.0587 e. The molecule has 1 aromatic rings. The Balaban J connectivity index is 2.52. The molecular formula is C15H23NOS. The quantitative estimate of drug-likeness (QED) is 0.890. The van der Waals surface area contributed by atoms with Crippen LogP contribution in [-0.2, 0) is 16.2 Å². The maximum absolute atomic E-state index is 12.4. The van der Waals surface area contributed by atoms with Gasteiger partial charge in [-0.25, -0.2) is 0 Å². The molecule has 3 heteroatoms. The van der Waals surface area contributed by atoms with E-state index in [1.807, 2.05) is 7.05 Å². The summed E-state index contributed by atoms with van der Waals surface area (Å²) in [5.74, 6) is 0. The second-order valence-corrected chi connectivity index (χ2v) is 7.65. The van der Waals surface area contributed by atoms with Crippen LogP contribution in [0.25, 0.3) is 0 Å². The lowest BCUT2D eigenvalue weighted by molar-refractivity contribution is 0.547. The van der Waals surface area contributed by atoms with Crippen LogP contribution in [0.3, 0.4) is 0 Å². The lowest BCUT2D eigenvalue weighted by Gasteiger charge is -2.21. The van der Waals surface area contributed by atoms with E-state index in [1.54, 1.807) is 0 Å². The first-order valence-electron chi connectivity index (χ1n) is 6.62. The van der Waals surface area contributed by atoms with E-state index in [1.165, 1.54) is 11.1 Å². The summed E-state index contributed by atoms with van der Waals surface area (Å²) in [5.41, 5.74) is 2.68. The van der Waals surface area contributed by atoms with Gasteiger partial charge in [-0.2, -0.15) is 0 Å². The van der Waals surface area contributed by atoms with Gasteiger partial charge in [-0.1, -0.05) is 39.8 Å². The third-order valence-corrected chi connectivity index (χ3v) is 5.75. The van der Waals surface area contributed by atoms with Crippen LogP contribution in [0.4, 0.5) is 0 Å². The summed E-state index contributed by atoms with van der Waals surface area (Å²) in [6, 6.07) is 6.66. The monoisotopic (exact) mass is 265 g/mol. The van der Waals surface area contributed by atoms with E-state index < -0.39 is 10.8 Å². The number of hydrogen-bond donors (Lipinski definition) is 1. The van der Waals surface area contributed by atoms with Crippen LogP contribution in [0.15, 0.2) is 23.1 Å². The number of fused-ring (bicyclic) bond motifs is 1. The summed E-state index contributed by atoms with van der Waals surface area (Å²) in [6.45, 7) is 8.76. The highest BCUT2D eigenvalue weighted by Crippen LogP contribution is 2.39. The van der Waals surface area contributed by atoms with Crippen molar-refractivity contribution in [3.8, 4) is 0 Å². The molecule has 18 heavy (non-hydrogen) atoms. The van der Waals surface area contributed by atoms with Crippen molar-refractivity contribution in [3.63, 3.8) is 0 Å². The summed E-state index contributed by atoms with van der Waals surface area (Å²) < 4.78 is 12.4. The fourth-order valence-corrected chi connectivity index (χ4v) is 4.44. The van der Waals surface area contributed by atoms with Gasteiger partial charge < -0.3 is 5.32 Å². The second-order valence-electron chi connectivity index (χ2n) is 6.01. The van der Waals surface area contributed by atoms with Crippen LogP contribution in [-0.4, -0.2) is 16.5 Å². The van der Waals surface area contributed by atoms with Gasteiger partial charge in [-0.15, -0.1) is 0 Å². The average Bonchev–Trinajstić information content (AvgIpc) is 2.60. The molecule has 0 spiro atoms. The molecular weight excluding hydrogens is 242 g/mol. The van der Waals surface area contributed by atoms with Crippen molar-refractivity contribution in [2.45, 2.75) is 55.7 Å². The molecule has 0 saturated heterocycles. The number of benzene rings is 1. The Bertz CT molecular complexity index is 476. The molecule has 0 radical (unpaired) electrons. The summed E-state index contributed by atoms with van der Waals surface area (Å²) in [4.78, 5) is 1.02. The van der Waals surface area contributed by atoms with Gasteiger partial charge in [0.1, 0.15) is 0 Å². The largest absolute Gasteiger partial charge is 0.312 e. The smallest absolute Gasteiger partial charge is 0.0587 e. The molecule has 0 amide bonds. The van der Waals surface area contributed by atoms with Crippen molar-refractivity contribution < 1.29 is 4.21 Å². The van der Waals surface area contributed by atoms with Gasteiger partial charge in [0, 0.05) is 10.9 Å². The van der Waals surface area contributed by atoms with Gasteiger partial charge in [0.2, 0.25) is 0 Å². The van der Waals surface area contributed by atoms with E-state index in [0.29, 0.717) is 0 Å². The Labute approximate surface area is 113 Å². The fourth-order valence-electron chi connectivity index (χ4n) is 2.66. The van der Waals surface area contributed by atoms with E-state index >= 15 is 0 Å². The van der Waals surface area contributed by atoms with Gasteiger partial charge in [0.25, 0.3) is 0 Å². The summed E-state index contributed by atoms with van der Waals surface area (Å²) in [6.07, 6.45) is 0.942. The first-order valence-corrected chi connectivity index (χ1v) is 7.83. The molecule has 1 aliphatic heterocycles. The van der Waals surface area contributed by atoms with Crippen LogP contribution >= 0.6 is 0 Å². The third-order valence-electron chi connectivity index (χ3n) is 3.79. The molecule has 0 aliphatic carbocycles. The zero-order valence-corrected chi connectivity index (χ0v) is 12.7. The zero-order chi connectivity index (χ0) is 13.5. The molecule has 1 N–H and O–H groups in total. The molecule has 0 saturated carbocycles. The van der Waals surface area contributed by atoms with Crippen LogP contribution in [0.5, 0.6) is 0 Å². The molecule has 3 unspecified atom stereocenters. The maximum atomic E-state index is 12.4. The first-order chi connectivity index (χ1) is 8.40. The van der Waals surface area contributed by atoms with E-state index in [9.17, 15) is 4.21 Å². The Kier molecular flexibility index (Phi) is 3.65. The number of hydrogen-bond acceptors (Lipinski definition) is 2. The van der Waals surface area contributed by atoms with Crippen LogP contribution < -0.4 is 5.32 Å². The molecule has 1 aromatic carbocycles. The van der Waals surface area contributed by atoms with E-state index in [-0.39, 0.29) is 16.7 Å². The molecule has 0 aromatic heterocycles. The Hall–Kier alpha value is -0.670. The summed E-state index contributed by atoms with van der Waals surface area (Å²) in [7, 11) is 1.10. The molecule has 3 atom stereocenters. The average molecular weight is 265 g/mol. The lowest BCUT2D eigenvalue weighted by Crippen LogP contribution is -2.26. The van der Waals surface area contributed by atoms with Crippen molar-refractivity contribution in [3.05, 3.63) is 29.3 Å². The molecule has 0 bridgehead atoms. The number of rotatable bonds is 2. The van der Waals surface area contributed by atoms with Gasteiger partial charge >= 0.3 is 0 Å².